The zero-order chi connectivity index (χ0) is 23.7. The number of carbonyl (C=O) groups is 1. The van der Waals surface area contributed by atoms with Gasteiger partial charge in [0.15, 0.2) is 9.47 Å². The quantitative estimate of drug-likeness (QED) is 0.167. The van der Waals surface area contributed by atoms with E-state index in [1.165, 1.54) is 48.8 Å². The molecule has 9 heteroatoms. The number of thiazole rings is 2. The van der Waals surface area contributed by atoms with Gasteiger partial charge < -0.3 is 10.0 Å². The molecule has 0 bridgehead atoms. The van der Waals surface area contributed by atoms with Crippen LogP contribution in [0.15, 0.2) is 45.4 Å². The van der Waals surface area contributed by atoms with E-state index < -0.39 is 10.7 Å². The highest BCUT2D eigenvalue weighted by atomic mass is 35.5. The van der Waals surface area contributed by atoms with Crippen LogP contribution < -0.4 is 4.90 Å². The standard InChI is InChI=1S/C25H33N3O2S3.ClH/c1-4-5-6-7-11-15-28(23-27-21(18-31-23)19-12-9-8-10-13-19)16-14-20-17-32-24(26-20)33-25(2,3)22(29)30;/h8-10,12-13,17-18H,4-7,11,14-16H2,1-3H3,(H,29,30);1H. The maximum atomic E-state index is 11.4. The molecule has 0 aliphatic rings. The Morgan fingerprint density at radius 2 is 1.76 bits per heavy atom. The van der Waals surface area contributed by atoms with E-state index in [0.29, 0.717) is 0 Å². The van der Waals surface area contributed by atoms with Crippen molar-refractivity contribution in [2.45, 2.75) is 68.4 Å². The van der Waals surface area contributed by atoms with Crippen LogP contribution in [0.3, 0.4) is 0 Å². The first-order valence-corrected chi connectivity index (χ1v) is 14.1. The number of aliphatic carboxylic acids is 1. The average molecular weight is 540 g/mol. The van der Waals surface area contributed by atoms with Crippen molar-refractivity contribution in [3.8, 4) is 11.3 Å². The van der Waals surface area contributed by atoms with Crippen molar-refractivity contribution in [1.29, 1.82) is 0 Å². The second kappa shape index (κ2) is 14.1. The van der Waals surface area contributed by atoms with Crippen LogP contribution >= 0.6 is 46.8 Å². The van der Waals surface area contributed by atoms with Crippen LogP contribution in [0.5, 0.6) is 0 Å². The van der Waals surface area contributed by atoms with E-state index in [-0.39, 0.29) is 12.4 Å². The van der Waals surface area contributed by atoms with Gasteiger partial charge in [-0.3, -0.25) is 4.79 Å². The van der Waals surface area contributed by atoms with Crippen LogP contribution in [0.2, 0.25) is 0 Å². The summed E-state index contributed by atoms with van der Waals surface area (Å²) < 4.78 is -0.0712. The third-order valence-corrected chi connectivity index (χ3v) is 8.46. The van der Waals surface area contributed by atoms with Gasteiger partial charge in [-0.25, -0.2) is 9.97 Å². The molecule has 0 amide bonds. The van der Waals surface area contributed by atoms with Crippen LogP contribution in [0.1, 0.15) is 58.6 Å². The Hall–Kier alpha value is -1.61. The van der Waals surface area contributed by atoms with Crippen molar-refractivity contribution in [2.75, 3.05) is 18.0 Å². The van der Waals surface area contributed by atoms with Gasteiger partial charge in [0.25, 0.3) is 0 Å². The van der Waals surface area contributed by atoms with Crippen molar-refractivity contribution in [3.63, 3.8) is 0 Å². The number of unbranched alkanes of at least 4 members (excludes halogenated alkanes) is 4. The fourth-order valence-corrected chi connectivity index (χ4v) is 6.44. The Balaban J connectivity index is 0.00000408. The van der Waals surface area contributed by atoms with Crippen LogP contribution in [0.25, 0.3) is 11.3 Å². The normalized spacial score (nSPS) is 11.3. The number of hydrogen-bond acceptors (Lipinski definition) is 7. The van der Waals surface area contributed by atoms with Crippen LogP contribution in [0.4, 0.5) is 5.13 Å². The van der Waals surface area contributed by atoms with Crippen molar-refractivity contribution < 1.29 is 9.90 Å². The molecule has 3 rings (SSSR count). The first kappa shape index (κ1) is 28.6. The molecule has 0 spiro atoms. The third kappa shape index (κ3) is 8.56. The van der Waals surface area contributed by atoms with Gasteiger partial charge in [-0.1, -0.05) is 74.7 Å². The number of thioether (sulfide) groups is 1. The smallest absolute Gasteiger partial charge is 0.319 e. The molecule has 0 radical (unpaired) electrons. The highest BCUT2D eigenvalue weighted by Crippen LogP contribution is 2.35. The van der Waals surface area contributed by atoms with Crippen molar-refractivity contribution in [1.82, 2.24) is 9.97 Å². The number of carboxylic acids is 1. The highest BCUT2D eigenvalue weighted by molar-refractivity contribution is 8.03. The number of halogens is 1. The van der Waals surface area contributed by atoms with E-state index in [0.717, 1.165) is 52.4 Å². The Labute approximate surface area is 221 Å². The molecule has 0 fully saturated rings. The fraction of sp³-hybridized carbons (Fsp3) is 0.480. The maximum Gasteiger partial charge on any atom is 0.319 e. The van der Waals surface area contributed by atoms with Crippen molar-refractivity contribution >= 4 is 57.9 Å². The molecule has 0 unspecified atom stereocenters. The predicted octanol–water partition coefficient (Wildman–Crippen LogP) is 7.66. The summed E-state index contributed by atoms with van der Waals surface area (Å²) in [6.45, 7) is 7.52. The topological polar surface area (TPSA) is 66.3 Å². The number of anilines is 1. The summed E-state index contributed by atoms with van der Waals surface area (Å²) in [5.41, 5.74) is 3.18. The molecule has 1 aromatic carbocycles. The number of aromatic nitrogens is 2. The highest BCUT2D eigenvalue weighted by Gasteiger charge is 2.29. The lowest BCUT2D eigenvalue weighted by molar-refractivity contribution is -0.138. The summed E-state index contributed by atoms with van der Waals surface area (Å²) in [6, 6.07) is 10.3. The fourth-order valence-electron chi connectivity index (χ4n) is 3.32. The van der Waals surface area contributed by atoms with Crippen LogP contribution in [-0.4, -0.2) is 38.9 Å². The molecule has 2 aromatic heterocycles. The molecule has 5 nitrogen and oxygen atoms in total. The van der Waals surface area contributed by atoms with Gasteiger partial charge in [-0.15, -0.1) is 35.1 Å². The van der Waals surface area contributed by atoms with Crippen LogP contribution in [-0.2, 0) is 11.2 Å². The summed E-state index contributed by atoms with van der Waals surface area (Å²) in [7, 11) is 0. The average Bonchev–Trinajstić information content (AvgIpc) is 3.46. The molecule has 0 saturated carbocycles. The van der Waals surface area contributed by atoms with Crippen LogP contribution in [0, 0.1) is 0 Å². The summed E-state index contributed by atoms with van der Waals surface area (Å²) in [4.78, 5) is 23.4. The van der Waals surface area contributed by atoms with Gasteiger partial charge in [0.1, 0.15) is 4.75 Å². The molecule has 0 saturated heterocycles. The lowest BCUT2D eigenvalue weighted by Gasteiger charge is -2.21. The minimum atomic E-state index is -0.881. The van der Waals surface area contributed by atoms with Gasteiger partial charge in [-0.2, -0.15) is 0 Å². The molecule has 186 valence electrons. The summed E-state index contributed by atoms with van der Waals surface area (Å²) in [6.07, 6.45) is 7.04. The maximum absolute atomic E-state index is 11.4. The van der Waals surface area contributed by atoms with Gasteiger partial charge in [0.2, 0.25) is 0 Å². The van der Waals surface area contributed by atoms with E-state index >= 15 is 0 Å². The molecule has 0 aliphatic heterocycles. The lowest BCUT2D eigenvalue weighted by Crippen LogP contribution is -2.27. The number of nitrogens with zero attached hydrogens (tertiary/aromatic N) is 3. The lowest BCUT2D eigenvalue weighted by atomic mass is 10.1. The number of carboxylic acid groups (broad SMARTS) is 1. The summed E-state index contributed by atoms with van der Waals surface area (Å²) in [5.74, 6) is -0.823. The molecule has 0 aliphatic carbocycles. The van der Waals surface area contributed by atoms with Gasteiger partial charge >= 0.3 is 5.97 Å². The Kier molecular flexibility index (Phi) is 11.8. The predicted molar refractivity (Wildman–Crippen MR) is 149 cm³/mol. The zero-order valence-electron chi connectivity index (χ0n) is 20.0. The molecule has 3 aromatic rings. The van der Waals surface area contributed by atoms with Gasteiger partial charge in [-0.05, 0) is 20.3 Å². The molecule has 1 N–H and O–H groups in total. The third-order valence-electron chi connectivity index (χ3n) is 5.39. The SMILES string of the molecule is CCCCCCCN(CCc1csc(SC(C)(C)C(=O)O)n1)c1nc(-c2ccccc2)cs1.Cl. The summed E-state index contributed by atoms with van der Waals surface area (Å²) in [5, 5.41) is 14.6. The molecular weight excluding hydrogens is 506 g/mol. The number of benzene rings is 1. The molecular formula is C25H34ClN3O2S3. The first-order chi connectivity index (χ1) is 15.9. The Morgan fingerprint density at radius 1 is 1.03 bits per heavy atom. The molecule has 0 atom stereocenters. The minimum Gasteiger partial charge on any atom is -0.480 e. The van der Waals surface area contributed by atoms with E-state index in [2.05, 4.69) is 34.7 Å². The monoisotopic (exact) mass is 539 g/mol. The Bertz CT molecular complexity index is 1010. The Morgan fingerprint density at radius 3 is 2.47 bits per heavy atom. The number of hydrogen-bond donors (Lipinski definition) is 1. The van der Waals surface area contributed by atoms with E-state index in [1.807, 2.05) is 18.2 Å². The van der Waals surface area contributed by atoms with E-state index in [9.17, 15) is 9.90 Å². The second-order valence-electron chi connectivity index (χ2n) is 8.55. The number of rotatable bonds is 14. The summed E-state index contributed by atoms with van der Waals surface area (Å²) >= 11 is 4.54. The largest absolute Gasteiger partial charge is 0.480 e. The van der Waals surface area contributed by atoms with E-state index in [1.54, 1.807) is 25.2 Å². The van der Waals surface area contributed by atoms with Crippen molar-refractivity contribution in [3.05, 3.63) is 46.8 Å². The van der Waals surface area contributed by atoms with Crippen molar-refractivity contribution in [2.24, 2.45) is 0 Å². The first-order valence-electron chi connectivity index (χ1n) is 11.5. The van der Waals surface area contributed by atoms with Gasteiger partial charge in [0, 0.05) is 35.8 Å². The van der Waals surface area contributed by atoms with Gasteiger partial charge in [0.05, 0.1) is 11.4 Å². The second-order valence-corrected chi connectivity index (χ2v) is 12.1. The zero-order valence-corrected chi connectivity index (χ0v) is 23.3. The van der Waals surface area contributed by atoms with E-state index in [4.69, 9.17) is 9.97 Å². The molecule has 2 heterocycles. The minimum absolute atomic E-state index is 0. The molecule has 34 heavy (non-hydrogen) atoms.